The van der Waals surface area contributed by atoms with E-state index in [2.05, 4.69) is 4.98 Å². The molecule has 0 amide bonds. The first-order valence-corrected chi connectivity index (χ1v) is 5.97. The van der Waals surface area contributed by atoms with Crippen molar-refractivity contribution in [1.82, 2.24) is 4.98 Å². The average Bonchev–Trinajstić information content (AvgIpc) is 2.49. The first-order chi connectivity index (χ1) is 8.27. The third-order valence-electron chi connectivity index (χ3n) is 3.68. The minimum atomic E-state index is -0.544. The Labute approximate surface area is 107 Å². The van der Waals surface area contributed by atoms with Crippen molar-refractivity contribution in [2.75, 3.05) is 0 Å². The highest BCUT2D eigenvalue weighted by Crippen LogP contribution is 2.36. The molecule has 0 bridgehead atoms. The Morgan fingerprint density at radius 3 is 2.33 bits per heavy atom. The van der Waals surface area contributed by atoms with E-state index in [1.54, 1.807) is 6.07 Å². The van der Waals surface area contributed by atoms with E-state index in [1.165, 1.54) is 6.20 Å². The summed E-state index contributed by atoms with van der Waals surface area (Å²) in [5.41, 5.74) is 5.67. The third kappa shape index (κ3) is 2.16. The molecule has 0 unspecified atom stereocenters. The molecule has 1 aliphatic heterocycles. The molecule has 2 heterocycles. The van der Waals surface area contributed by atoms with Crippen molar-refractivity contribution in [3.63, 3.8) is 0 Å². The van der Waals surface area contributed by atoms with Crippen LogP contribution in [0, 0.1) is 5.95 Å². The lowest BCUT2D eigenvalue weighted by molar-refractivity contribution is 0.00578. The molecule has 0 spiro atoms. The van der Waals surface area contributed by atoms with Crippen molar-refractivity contribution < 1.29 is 13.7 Å². The molecular formula is C12H18BFN2O2. The zero-order valence-corrected chi connectivity index (χ0v) is 11.2. The van der Waals surface area contributed by atoms with E-state index in [9.17, 15) is 4.39 Å². The summed E-state index contributed by atoms with van der Waals surface area (Å²) in [5.74, 6) is -0.544. The summed E-state index contributed by atoms with van der Waals surface area (Å²) in [6.07, 6.45) is 1.43. The molecule has 1 fully saturated rings. The van der Waals surface area contributed by atoms with Gasteiger partial charge < -0.3 is 15.0 Å². The van der Waals surface area contributed by atoms with Crippen molar-refractivity contribution >= 4 is 12.6 Å². The molecule has 4 nitrogen and oxygen atoms in total. The summed E-state index contributed by atoms with van der Waals surface area (Å²) in [6, 6.07) is 1.64. The Kier molecular flexibility index (Phi) is 3.21. The summed E-state index contributed by atoms with van der Waals surface area (Å²) in [6.45, 7) is 7.97. The van der Waals surface area contributed by atoms with Gasteiger partial charge in [0.25, 0.3) is 0 Å². The fraction of sp³-hybridized carbons (Fsp3) is 0.583. The molecule has 2 N–H and O–H groups in total. The van der Waals surface area contributed by atoms with Gasteiger partial charge in [0.05, 0.1) is 11.2 Å². The van der Waals surface area contributed by atoms with Crippen LogP contribution in [0.25, 0.3) is 0 Å². The topological polar surface area (TPSA) is 57.4 Å². The van der Waals surface area contributed by atoms with E-state index in [4.69, 9.17) is 15.0 Å². The highest BCUT2D eigenvalue weighted by Gasteiger charge is 2.51. The number of aromatic nitrogens is 1. The van der Waals surface area contributed by atoms with Crippen LogP contribution in [-0.2, 0) is 15.9 Å². The number of hydrogen-bond acceptors (Lipinski definition) is 4. The van der Waals surface area contributed by atoms with Gasteiger partial charge in [0.1, 0.15) is 0 Å². The second kappa shape index (κ2) is 4.29. The molecule has 0 aliphatic carbocycles. The van der Waals surface area contributed by atoms with Crippen LogP contribution >= 0.6 is 0 Å². The fourth-order valence-corrected chi connectivity index (χ4v) is 1.76. The van der Waals surface area contributed by atoms with E-state index in [0.717, 1.165) is 0 Å². The van der Waals surface area contributed by atoms with Crippen molar-refractivity contribution in [1.29, 1.82) is 0 Å². The number of hydrogen-bond donors (Lipinski definition) is 1. The van der Waals surface area contributed by atoms with E-state index in [-0.39, 0.29) is 6.54 Å². The van der Waals surface area contributed by atoms with Crippen molar-refractivity contribution in [3.8, 4) is 0 Å². The second-order valence-electron chi connectivity index (χ2n) is 5.51. The van der Waals surface area contributed by atoms with Gasteiger partial charge in [0, 0.05) is 23.8 Å². The molecule has 0 saturated carbocycles. The quantitative estimate of drug-likeness (QED) is 0.629. The number of pyridine rings is 1. The van der Waals surface area contributed by atoms with Gasteiger partial charge in [-0.3, -0.25) is 0 Å². The number of nitrogens with two attached hydrogens (primary N) is 1. The summed E-state index contributed by atoms with van der Waals surface area (Å²) >= 11 is 0. The maximum atomic E-state index is 13.3. The van der Waals surface area contributed by atoms with Crippen LogP contribution in [0.5, 0.6) is 0 Å². The summed E-state index contributed by atoms with van der Waals surface area (Å²) in [7, 11) is -0.534. The lowest BCUT2D eigenvalue weighted by atomic mass is 9.80. The Morgan fingerprint density at radius 2 is 1.83 bits per heavy atom. The molecule has 98 valence electrons. The van der Waals surface area contributed by atoms with Crippen molar-refractivity contribution in [2.24, 2.45) is 5.73 Å². The van der Waals surface area contributed by atoms with E-state index in [1.807, 2.05) is 27.7 Å². The molecule has 1 saturated heterocycles. The summed E-state index contributed by atoms with van der Waals surface area (Å²) < 4.78 is 25.0. The lowest BCUT2D eigenvalue weighted by Gasteiger charge is -2.32. The standard InChI is InChI=1S/C12H18BFN2O2/c1-11(2)12(3,4)18-13(17-11)9-5-8(6-15)10(14)16-7-9/h5,7H,6,15H2,1-4H3. The van der Waals surface area contributed by atoms with Gasteiger partial charge in [-0.25, -0.2) is 4.98 Å². The minimum Gasteiger partial charge on any atom is -0.399 e. The molecule has 2 rings (SSSR count). The largest absolute Gasteiger partial charge is 0.496 e. The zero-order chi connectivity index (χ0) is 13.6. The van der Waals surface area contributed by atoms with Gasteiger partial charge in [-0.05, 0) is 27.7 Å². The van der Waals surface area contributed by atoms with E-state index < -0.39 is 24.3 Å². The number of nitrogens with zero attached hydrogens (tertiary/aromatic N) is 1. The summed E-state index contributed by atoms with van der Waals surface area (Å²) in [5, 5.41) is 0. The molecule has 1 aromatic rings. The van der Waals surface area contributed by atoms with Crippen LogP contribution in [0.4, 0.5) is 4.39 Å². The van der Waals surface area contributed by atoms with Gasteiger partial charge in [0.2, 0.25) is 5.95 Å². The molecule has 18 heavy (non-hydrogen) atoms. The SMILES string of the molecule is CC1(C)OB(c2cnc(F)c(CN)c2)OC1(C)C. The van der Waals surface area contributed by atoms with Crippen LogP contribution < -0.4 is 11.2 Å². The van der Waals surface area contributed by atoms with Gasteiger partial charge in [0.15, 0.2) is 0 Å². The van der Waals surface area contributed by atoms with Gasteiger partial charge in [-0.15, -0.1) is 0 Å². The van der Waals surface area contributed by atoms with Gasteiger partial charge >= 0.3 is 7.12 Å². The Hall–Kier alpha value is -0.975. The molecule has 6 heteroatoms. The number of halogens is 1. The van der Waals surface area contributed by atoms with Crippen LogP contribution in [0.2, 0.25) is 0 Å². The maximum Gasteiger partial charge on any atom is 0.496 e. The highest BCUT2D eigenvalue weighted by atomic mass is 19.1. The van der Waals surface area contributed by atoms with E-state index >= 15 is 0 Å². The zero-order valence-electron chi connectivity index (χ0n) is 11.2. The third-order valence-corrected chi connectivity index (χ3v) is 3.68. The van der Waals surface area contributed by atoms with Gasteiger partial charge in [-0.2, -0.15) is 4.39 Å². The molecule has 0 radical (unpaired) electrons. The van der Waals surface area contributed by atoms with Crippen LogP contribution in [0.3, 0.4) is 0 Å². The predicted octanol–water partition coefficient (Wildman–Crippen LogP) is 0.979. The van der Waals surface area contributed by atoms with Crippen molar-refractivity contribution in [2.45, 2.75) is 45.4 Å². The first kappa shape index (κ1) is 13.5. The normalized spacial score (nSPS) is 21.3. The molecule has 0 atom stereocenters. The first-order valence-electron chi connectivity index (χ1n) is 5.97. The van der Waals surface area contributed by atoms with E-state index in [0.29, 0.717) is 11.0 Å². The molecule has 1 aromatic heterocycles. The van der Waals surface area contributed by atoms with Crippen LogP contribution in [0.15, 0.2) is 12.3 Å². The molecule has 1 aliphatic rings. The Morgan fingerprint density at radius 1 is 1.28 bits per heavy atom. The van der Waals surface area contributed by atoms with Gasteiger partial charge in [-0.1, -0.05) is 6.07 Å². The maximum absolute atomic E-state index is 13.3. The lowest BCUT2D eigenvalue weighted by Crippen LogP contribution is -2.41. The second-order valence-corrected chi connectivity index (χ2v) is 5.51. The summed E-state index contributed by atoms with van der Waals surface area (Å²) in [4.78, 5) is 3.68. The van der Waals surface area contributed by atoms with Crippen molar-refractivity contribution in [3.05, 3.63) is 23.8 Å². The Balaban J connectivity index is 2.30. The minimum absolute atomic E-state index is 0.103. The molecular weight excluding hydrogens is 234 g/mol. The molecule has 0 aromatic carbocycles. The average molecular weight is 252 g/mol. The monoisotopic (exact) mass is 252 g/mol. The Bertz CT molecular complexity index is 449. The highest BCUT2D eigenvalue weighted by molar-refractivity contribution is 6.62. The predicted molar refractivity (Wildman–Crippen MR) is 67.8 cm³/mol. The van der Waals surface area contributed by atoms with Crippen LogP contribution in [0.1, 0.15) is 33.3 Å². The number of rotatable bonds is 2. The fourth-order valence-electron chi connectivity index (χ4n) is 1.76. The smallest absolute Gasteiger partial charge is 0.399 e. The van der Waals surface area contributed by atoms with Crippen LogP contribution in [-0.4, -0.2) is 23.3 Å².